The van der Waals surface area contributed by atoms with Crippen LogP contribution >= 0.6 is 15.9 Å². The molecular weight excluding hydrogens is 366 g/mol. The molecule has 0 bridgehead atoms. The largest absolute Gasteiger partial charge is 0.491 e. The molecule has 0 saturated carbocycles. The van der Waals surface area contributed by atoms with Crippen molar-refractivity contribution in [3.63, 3.8) is 0 Å². The van der Waals surface area contributed by atoms with Gasteiger partial charge in [0.1, 0.15) is 10.6 Å². The van der Waals surface area contributed by atoms with Crippen LogP contribution in [0.5, 0.6) is 5.75 Å². The van der Waals surface area contributed by atoms with Gasteiger partial charge in [-0.15, -0.1) is 0 Å². The van der Waals surface area contributed by atoms with Crippen LogP contribution < -0.4 is 9.46 Å². The second-order valence-corrected chi connectivity index (χ2v) is 7.74. The van der Waals surface area contributed by atoms with E-state index in [9.17, 15) is 8.42 Å². The Balaban J connectivity index is 2.21. The lowest BCUT2D eigenvalue weighted by molar-refractivity contribution is 0.242. The Kier molecular flexibility index (Phi) is 5.13. The molecule has 0 aliphatic carbocycles. The average molecular weight is 384 g/mol. The van der Waals surface area contributed by atoms with Crippen molar-refractivity contribution in [2.75, 3.05) is 4.72 Å². The molecule has 0 saturated heterocycles. The first-order valence-corrected chi connectivity index (χ1v) is 9.11. The summed E-state index contributed by atoms with van der Waals surface area (Å²) in [4.78, 5) is 0.209. The third-order valence-corrected chi connectivity index (χ3v) is 5.21. The van der Waals surface area contributed by atoms with Gasteiger partial charge in [-0.25, -0.2) is 8.42 Å². The lowest BCUT2D eigenvalue weighted by atomic mass is 10.2. The molecule has 0 amide bonds. The first-order chi connectivity index (χ1) is 10.3. The monoisotopic (exact) mass is 383 g/mol. The van der Waals surface area contributed by atoms with Crippen LogP contribution in [-0.4, -0.2) is 14.5 Å². The first kappa shape index (κ1) is 16.8. The number of halogens is 1. The summed E-state index contributed by atoms with van der Waals surface area (Å²) in [5.41, 5.74) is 1.48. The van der Waals surface area contributed by atoms with Gasteiger partial charge >= 0.3 is 0 Å². The summed E-state index contributed by atoms with van der Waals surface area (Å²) in [6, 6.07) is 11.9. The molecule has 2 aromatic carbocycles. The zero-order valence-corrected chi connectivity index (χ0v) is 15.0. The van der Waals surface area contributed by atoms with E-state index >= 15 is 0 Å². The fourth-order valence-electron chi connectivity index (χ4n) is 1.91. The Morgan fingerprint density at radius 1 is 1.09 bits per heavy atom. The van der Waals surface area contributed by atoms with Crippen molar-refractivity contribution in [1.82, 2.24) is 0 Å². The predicted molar refractivity (Wildman–Crippen MR) is 91.9 cm³/mol. The average Bonchev–Trinajstić information content (AvgIpc) is 2.39. The number of anilines is 1. The van der Waals surface area contributed by atoms with Gasteiger partial charge in [-0.2, -0.15) is 0 Å². The molecule has 0 aromatic heterocycles. The maximum atomic E-state index is 12.4. The van der Waals surface area contributed by atoms with Gasteiger partial charge in [0.15, 0.2) is 0 Å². The topological polar surface area (TPSA) is 55.4 Å². The highest BCUT2D eigenvalue weighted by Crippen LogP contribution is 2.26. The number of aryl methyl sites for hydroxylation is 1. The maximum Gasteiger partial charge on any atom is 0.263 e. The molecule has 6 heteroatoms. The third kappa shape index (κ3) is 4.24. The summed E-state index contributed by atoms with van der Waals surface area (Å²) in [7, 11) is -3.63. The smallest absolute Gasteiger partial charge is 0.263 e. The third-order valence-electron chi connectivity index (χ3n) is 2.86. The van der Waals surface area contributed by atoms with E-state index in [1.807, 2.05) is 20.8 Å². The minimum atomic E-state index is -3.63. The minimum absolute atomic E-state index is 0.0751. The standard InChI is InChI=1S/C16H18BrNO3S/c1-11(2)21-14-7-5-13(6-8-14)18-22(19,20)16-9-4-12(3)10-15(16)17/h4-11,18H,1-3H3. The zero-order valence-electron chi connectivity index (χ0n) is 12.6. The van der Waals surface area contributed by atoms with Gasteiger partial charge in [-0.3, -0.25) is 4.72 Å². The van der Waals surface area contributed by atoms with Gasteiger partial charge in [0.25, 0.3) is 10.0 Å². The van der Waals surface area contributed by atoms with Crippen LogP contribution in [0.1, 0.15) is 19.4 Å². The van der Waals surface area contributed by atoms with Crippen LogP contribution in [-0.2, 0) is 10.0 Å². The van der Waals surface area contributed by atoms with Crippen molar-refractivity contribution >= 4 is 31.6 Å². The van der Waals surface area contributed by atoms with E-state index in [1.165, 1.54) is 0 Å². The normalized spacial score (nSPS) is 11.5. The quantitative estimate of drug-likeness (QED) is 0.834. The van der Waals surface area contributed by atoms with Crippen molar-refractivity contribution < 1.29 is 13.2 Å². The number of hydrogen-bond acceptors (Lipinski definition) is 3. The highest BCUT2D eigenvalue weighted by Gasteiger charge is 2.17. The van der Waals surface area contributed by atoms with E-state index in [1.54, 1.807) is 42.5 Å². The predicted octanol–water partition coefficient (Wildman–Crippen LogP) is 4.35. The first-order valence-electron chi connectivity index (χ1n) is 6.83. The number of hydrogen-bond donors (Lipinski definition) is 1. The highest BCUT2D eigenvalue weighted by atomic mass is 79.9. The van der Waals surface area contributed by atoms with E-state index in [-0.39, 0.29) is 11.0 Å². The van der Waals surface area contributed by atoms with Crippen molar-refractivity contribution in [2.45, 2.75) is 31.8 Å². The van der Waals surface area contributed by atoms with E-state index in [4.69, 9.17) is 4.74 Å². The molecule has 0 aliphatic heterocycles. The van der Waals surface area contributed by atoms with Crippen LogP contribution in [0.4, 0.5) is 5.69 Å². The van der Waals surface area contributed by atoms with Gasteiger partial charge in [0, 0.05) is 10.2 Å². The molecule has 22 heavy (non-hydrogen) atoms. The van der Waals surface area contributed by atoms with E-state index in [0.717, 1.165) is 5.56 Å². The van der Waals surface area contributed by atoms with Crippen LogP contribution in [0, 0.1) is 6.92 Å². The summed E-state index contributed by atoms with van der Waals surface area (Å²) >= 11 is 3.30. The molecule has 1 N–H and O–H groups in total. The van der Waals surface area contributed by atoms with Crippen molar-refractivity contribution in [3.05, 3.63) is 52.5 Å². The fraction of sp³-hybridized carbons (Fsp3) is 0.250. The van der Waals surface area contributed by atoms with Crippen LogP contribution in [0.25, 0.3) is 0 Å². The van der Waals surface area contributed by atoms with Crippen LogP contribution in [0.2, 0.25) is 0 Å². The molecule has 0 unspecified atom stereocenters. The Morgan fingerprint density at radius 2 is 1.73 bits per heavy atom. The molecule has 0 fully saturated rings. The molecule has 2 rings (SSSR count). The fourth-order valence-corrected chi connectivity index (χ4v) is 4.16. The molecule has 0 radical (unpaired) electrons. The number of nitrogens with one attached hydrogen (secondary N) is 1. The highest BCUT2D eigenvalue weighted by molar-refractivity contribution is 9.10. The molecule has 2 aromatic rings. The molecule has 0 heterocycles. The minimum Gasteiger partial charge on any atom is -0.491 e. The molecule has 0 atom stereocenters. The Hall–Kier alpha value is -1.53. The lowest BCUT2D eigenvalue weighted by Crippen LogP contribution is -2.13. The second kappa shape index (κ2) is 6.71. The van der Waals surface area contributed by atoms with Crippen LogP contribution in [0.3, 0.4) is 0 Å². The molecule has 0 spiro atoms. The van der Waals surface area contributed by atoms with E-state index in [0.29, 0.717) is 15.9 Å². The molecular formula is C16H18BrNO3S. The Morgan fingerprint density at radius 3 is 2.27 bits per heavy atom. The van der Waals surface area contributed by atoms with Gasteiger partial charge < -0.3 is 4.74 Å². The Labute approximate surface area is 139 Å². The van der Waals surface area contributed by atoms with Crippen molar-refractivity contribution in [3.8, 4) is 5.75 Å². The number of sulfonamides is 1. The van der Waals surface area contributed by atoms with Gasteiger partial charge in [0.05, 0.1) is 6.10 Å². The van der Waals surface area contributed by atoms with Crippen LogP contribution in [0.15, 0.2) is 51.8 Å². The second-order valence-electron chi connectivity index (χ2n) is 5.23. The van der Waals surface area contributed by atoms with Crippen molar-refractivity contribution in [1.29, 1.82) is 0 Å². The summed E-state index contributed by atoms with van der Waals surface area (Å²) in [5.74, 6) is 0.703. The number of benzene rings is 2. The van der Waals surface area contributed by atoms with Crippen molar-refractivity contribution in [2.24, 2.45) is 0 Å². The number of ether oxygens (including phenoxy) is 1. The summed E-state index contributed by atoms with van der Waals surface area (Å²) < 4.78 is 33.5. The molecule has 4 nitrogen and oxygen atoms in total. The Bertz CT molecular complexity index is 755. The summed E-state index contributed by atoms with van der Waals surface area (Å²) in [6.45, 7) is 5.78. The van der Waals surface area contributed by atoms with Gasteiger partial charge in [-0.1, -0.05) is 6.07 Å². The maximum absolute atomic E-state index is 12.4. The molecule has 118 valence electrons. The van der Waals surface area contributed by atoms with E-state index < -0.39 is 10.0 Å². The zero-order chi connectivity index (χ0) is 16.3. The van der Waals surface area contributed by atoms with E-state index in [2.05, 4.69) is 20.7 Å². The SMILES string of the molecule is Cc1ccc(S(=O)(=O)Nc2ccc(OC(C)C)cc2)c(Br)c1. The summed E-state index contributed by atoms with van der Waals surface area (Å²) in [6.07, 6.45) is 0.0751. The van der Waals surface area contributed by atoms with Gasteiger partial charge in [0.2, 0.25) is 0 Å². The molecule has 0 aliphatic rings. The number of rotatable bonds is 5. The lowest BCUT2D eigenvalue weighted by Gasteiger charge is -2.12. The summed E-state index contributed by atoms with van der Waals surface area (Å²) in [5, 5.41) is 0. The van der Waals surface area contributed by atoms with Gasteiger partial charge in [-0.05, 0) is 78.7 Å².